The summed E-state index contributed by atoms with van der Waals surface area (Å²) < 4.78 is 31.4. The minimum atomic E-state index is -3.67. The average molecular weight is 405 g/mol. The standard InChI is InChI=1S/C21H28N2O4S/c1-6-27-18-13-11-17(12-14-18)23(28(5,25)26)16(4)21(24)22-20-10-8-7-9-19(20)15(2)3/h7-16H,6H2,1-5H3,(H,22,24)/t16-/m1/s1. The van der Waals surface area contributed by atoms with Gasteiger partial charge in [0.05, 0.1) is 18.6 Å². The van der Waals surface area contributed by atoms with Gasteiger partial charge in [0.2, 0.25) is 15.9 Å². The highest BCUT2D eigenvalue weighted by Crippen LogP contribution is 2.27. The topological polar surface area (TPSA) is 75.7 Å². The molecule has 7 heteroatoms. The molecule has 1 amide bonds. The Bertz CT molecular complexity index is 908. The Morgan fingerprint density at radius 3 is 2.21 bits per heavy atom. The smallest absolute Gasteiger partial charge is 0.248 e. The van der Waals surface area contributed by atoms with Gasteiger partial charge in [0.25, 0.3) is 0 Å². The molecule has 0 heterocycles. The van der Waals surface area contributed by atoms with Crippen LogP contribution in [0.3, 0.4) is 0 Å². The number of amides is 1. The first-order valence-corrected chi connectivity index (χ1v) is 11.1. The van der Waals surface area contributed by atoms with E-state index in [1.54, 1.807) is 31.2 Å². The summed E-state index contributed by atoms with van der Waals surface area (Å²) >= 11 is 0. The summed E-state index contributed by atoms with van der Waals surface area (Å²) in [5.74, 6) is 0.471. The van der Waals surface area contributed by atoms with Crippen molar-refractivity contribution in [3.8, 4) is 5.75 Å². The van der Waals surface area contributed by atoms with Crippen molar-refractivity contribution in [2.75, 3.05) is 22.5 Å². The molecule has 2 rings (SSSR count). The number of para-hydroxylation sites is 1. The number of hydrogen-bond acceptors (Lipinski definition) is 4. The normalized spacial score (nSPS) is 12.5. The van der Waals surface area contributed by atoms with Crippen LogP contribution in [-0.2, 0) is 14.8 Å². The van der Waals surface area contributed by atoms with Crippen LogP contribution in [0.5, 0.6) is 5.75 Å². The zero-order valence-electron chi connectivity index (χ0n) is 17.0. The van der Waals surface area contributed by atoms with E-state index in [-0.39, 0.29) is 5.92 Å². The number of carbonyl (C=O) groups is 1. The summed E-state index contributed by atoms with van der Waals surface area (Å²) in [5.41, 5.74) is 2.09. The number of sulfonamides is 1. The van der Waals surface area contributed by atoms with Gasteiger partial charge < -0.3 is 10.1 Å². The lowest BCUT2D eigenvalue weighted by Gasteiger charge is -2.28. The van der Waals surface area contributed by atoms with Crippen LogP contribution >= 0.6 is 0 Å². The minimum Gasteiger partial charge on any atom is -0.494 e. The second-order valence-electron chi connectivity index (χ2n) is 6.89. The van der Waals surface area contributed by atoms with Crippen molar-refractivity contribution in [3.63, 3.8) is 0 Å². The van der Waals surface area contributed by atoms with Crippen LogP contribution in [0.25, 0.3) is 0 Å². The summed E-state index contributed by atoms with van der Waals surface area (Å²) in [4.78, 5) is 12.9. The Morgan fingerprint density at radius 1 is 1.07 bits per heavy atom. The van der Waals surface area contributed by atoms with Crippen LogP contribution in [0, 0.1) is 0 Å². The van der Waals surface area contributed by atoms with Gasteiger partial charge in [-0.05, 0) is 55.7 Å². The van der Waals surface area contributed by atoms with Crippen LogP contribution in [0.2, 0.25) is 0 Å². The number of ether oxygens (including phenoxy) is 1. The van der Waals surface area contributed by atoms with Crippen molar-refractivity contribution in [1.29, 1.82) is 0 Å². The third-order valence-electron chi connectivity index (χ3n) is 4.33. The van der Waals surface area contributed by atoms with Crippen LogP contribution in [0.1, 0.15) is 39.2 Å². The quantitative estimate of drug-likeness (QED) is 0.721. The number of rotatable bonds is 8. The number of benzene rings is 2. The summed E-state index contributed by atoms with van der Waals surface area (Å²) in [6, 6.07) is 13.3. The number of carbonyl (C=O) groups excluding carboxylic acids is 1. The van der Waals surface area contributed by atoms with Gasteiger partial charge in [0, 0.05) is 5.69 Å². The van der Waals surface area contributed by atoms with Crippen molar-refractivity contribution < 1.29 is 17.9 Å². The Kier molecular flexibility index (Phi) is 7.07. The van der Waals surface area contributed by atoms with Gasteiger partial charge >= 0.3 is 0 Å². The van der Waals surface area contributed by atoms with Gasteiger partial charge in [0.15, 0.2) is 0 Å². The zero-order valence-corrected chi connectivity index (χ0v) is 17.8. The van der Waals surface area contributed by atoms with E-state index in [1.807, 2.05) is 45.0 Å². The molecule has 1 N–H and O–H groups in total. The number of nitrogens with one attached hydrogen (secondary N) is 1. The molecule has 0 bridgehead atoms. The first-order chi connectivity index (χ1) is 13.1. The summed E-state index contributed by atoms with van der Waals surface area (Å²) in [5, 5.41) is 2.88. The lowest BCUT2D eigenvalue weighted by molar-refractivity contribution is -0.116. The van der Waals surface area contributed by atoms with Crippen LogP contribution in [0.4, 0.5) is 11.4 Å². The molecule has 6 nitrogen and oxygen atoms in total. The van der Waals surface area contributed by atoms with Crippen LogP contribution in [-0.4, -0.2) is 33.2 Å². The number of anilines is 2. The van der Waals surface area contributed by atoms with E-state index < -0.39 is 22.0 Å². The van der Waals surface area contributed by atoms with Gasteiger partial charge in [-0.1, -0.05) is 32.0 Å². The Balaban J connectivity index is 2.31. The van der Waals surface area contributed by atoms with Crippen LogP contribution in [0.15, 0.2) is 48.5 Å². The van der Waals surface area contributed by atoms with E-state index in [2.05, 4.69) is 5.32 Å². The number of hydrogen-bond donors (Lipinski definition) is 1. The molecule has 28 heavy (non-hydrogen) atoms. The maximum Gasteiger partial charge on any atom is 0.248 e. The van der Waals surface area contributed by atoms with Crippen molar-refractivity contribution in [1.82, 2.24) is 0 Å². The fourth-order valence-corrected chi connectivity index (χ4v) is 4.19. The highest BCUT2D eigenvalue weighted by atomic mass is 32.2. The molecule has 0 saturated heterocycles. The molecule has 0 radical (unpaired) electrons. The molecule has 2 aromatic carbocycles. The summed E-state index contributed by atoms with van der Waals surface area (Å²) in [6.45, 7) is 8.04. The van der Waals surface area contributed by atoms with Crippen LogP contribution < -0.4 is 14.4 Å². The SMILES string of the molecule is CCOc1ccc(N([C@H](C)C(=O)Nc2ccccc2C(C)C)S(C)(=O)=O)cc1. The first-order valence-electron chi connectivity index (χ1n) is 9.27. The molecule has 152 valence electrons. The molecule has 2 aromatic rings. The highest BCUT2D eigenvalue weighted by Gasteiger charge is 2.29. The molecule has 0 saturated carbocycles. The molecule has 0 fully saturated rings. The Morgan fingerprint density at radius 2 is 1.68 bits per heavy atom. The van der Waals surface area contributed by atoms with E-state index in [9.17, 15) is 13.2 Å². The van der Waals surface area contributed by atoms with E-state index in [1.165, 1.54) is 0 Å². The van der Waals surface area contributed by atoms with Gasteiger partial charge in [-0.3, -0.25) is 9.10 Å². The molecule has 0 aliphatic carbocycles. The van der Waals surface area contributed by atoms with E-state index >= 15 is 0 Å². The predicted octanol–water partition coefficient (Wildman–Crippen LogP) is 4.00. The van der Waals surface area contributed by atoms with Crippen molar-refractivity contribution in [2.24, 2.45) is 0 Å². The third kappa shape index (κ3) is 5.25. The second kappa shape index (κ2) is 9.10. The van der Waals surface area contributed by atoms with Crippen molar-refractivity contribution in [3.05, 3.63) is 54.1 Å². The summed E-state index contributed by atoms with van der Waals surface area (Å²) in [7, 11) is -3.67. The zero-order chi connectivity index (χ0) is 20.9. The van der Waals surface area contributed by atoms with Gasteiger partial charge in [-0.15, -0.1) is 0 Å². The predicted molar refractivity (Wildman–Crippen MR) is 114 cm³/mol. The lowest BCUT2D eigenvalue weighted by atomic mass is 10.0. The first kappa shape index (κ1) is 21.8. The molecule has 0 unspecified atom stereocenters. The molecular formula is C21H28N2O4S. The van der Waals surface area contributed by atoms with E-state index in [0.717, 1.165) is 16.1 Å². The third-order valence-corrected chi connectivity index (χ3v) is 5.57. The highest BCUT2D eigenvalue weighted by molar-refractivity contribution is 7.92. The van der Waals surface area contributed by atoms with E-state index in [4.69, 9.17) is 4.74 Å². The van der Waals surface area contributed by atoms with Gasteiger partial charge in [-0.25, -0.2) is 8.42 Å². The monoisotopic (exact) mass is 404 g/mol. The minimum absolute atomic E-state index is 0.226. The van der Waals surface area contributed by atoms with Crippen molar-refractivity contribution in [2.45, 2.75) is 39.7 Å². The number of nitrogens with zero attached hydrogens (tertiary/aromatic N) is 1. The molecule has 0 aliphatic heterocycles. The van der Waals surface area contributed by atoms with E-state index in [0.29, 0.717) is 23.7 Å². The maximum absolute atomic E-state index is 12.9. The Labute approximate surface area is 167 Å². The Hall–Kier alpha value is -2.54. The lowest BCUT2D eigenvalue weighted by Crippen LogP contribution is -2.45. The fraction of sp³-hybridized carbons (Fsp3) is 0.381. The summed E-state index contributed by atoms with van der Waals surface area (Å²) in [6.07, 6.45) is 1.09. The molecule has 0 spiro atoms. The molecular weight excluding hydrogens is 376 g/mol. The molecule has 1 atom stereocenters. The molecule has 0 aromatic heterocycles. The maximum atomic E-state index is 12.9. The average Bonchev–Trinajstić information content (AvgIpc) is 2.62. The van der Waals surface area contributed by atoms with Gasteiger partial charge in [0.1, 0.15) is 11.8 Å². The van der Waals surface area contributed by atoms with Crippen molar-refractivity contribution >= 4 is 27.3 Å². The second-order valence-corrected chi connectivity index (χ2v) is 8.75. The largest absolute Gasteiger partial charge is 0.494 e. The molecule has 0 aliphatic rings. The van der Waals surface area contributed by atoms with Gasteiger partial charge in [-0.2, -0.15) is 0 Å². The fourth-order valence-electron chi connectivity index (χ4n) is 3.02.